The maximum absolute atomic E-state index is 13.2. The van der Waals surface area contributed by atoms with Gasteiger partial charge in [0.05, 0.1) is 0 Å². The molecule has 0 heterocycles. The van der Waals surface area contributed by atoms with Crippen molar-refractivity contribution < 1.29 is 8.78 Å². The Morgan fingerprint density at radius 3 is 2.29 bits per heavy atom. The molecule has 0 spiro atoms. The van der Waals surface area contributed by atoms with Crippen LogP contribution >= 0.6 is 27.5 Å². The van der Waals surface area contributed by atoms with Crippen molar-refractivity contribution in [2.75, 3.05) is 0 Å². The first-order valence-electron chi connectivity index (χ1n) is 3.97. The normalized spacial score (nSPS) is 10.3. The van der Waals surface area contributed by atoms with Crippen LogP contribution in [-0.4, -0.2) is 0 Å². The van der Waals surface area contributed by atoms with Gasteiger partial charge in [0, 0.05) is 15.1 Å². The summed E-state index contributed by atoms with van der Waals surface area (Å²) in [7, 11) is 0. The Hall–Kier alpha value is -0.410. The van der Waals surface area contributed by atoms with Gasteiger partial charge in [-0.15, -0.1) is 0 Å². The minimum atomic E-state index is -0.560. The molecule has 0 N–H and O–H groups in total. The molecule has 0 saturated carbocycles. The van der Waals surface area contributed by atoms with E-state index in [1.54, 1.807) is 0 Å². The van der Waals surface area contributed by atoms with E-state index < -0.39 is 11.6 Å². The first kappa shape index (κ1) is 11.7. The van der Waals surface area contributed by atoms with Crippen molar-refractivity contribution in [2.45, 2.75) is 12.8 Å². The van der Waals surface area contributed by atoms with E-state index in [0.29, 0.717) is 15.9 Å². The lowest BCUT2D eigenvalue weighted by atomic mass is 10.1. The van der Waals surface area contributed by atoms with Gasteiger partial charge in [-0.25, -0.2) is 8.78 Å². The summed E-state index contributed by atoms with van der Waals surface area (Å²) in [6, 6.07) is 2.46. The van der Waals surface area contributed by atoms with Crippen molar-refractivity contribution in [1.29, 1.82) is 0 Å². The number of benzene rings is 1. The van der Waals surface area contributed by atoms with Crippen LogP contribution in [0, 0.1) is 11.6 Å². The van der Waals surface area contributed by atoms with Crippen LogP contribution in [0.1, 0.15) is 12.0 Å². The molecule has 0 unspecified atom stereocenters. The average Bonchev–Trinajstić information content (AvgIpc) is 2.01. The smallest absolute Gasteiger partial charge is 0.130 e. The standard InChI is InChI=1S/C10H8BrClF2/c1-6(12)2-3-8-9(13)4-7(11)5-10(8)14/h4-5H,1-3H2. The molecular formula is C10H8BrClF2. The van der Waals surface area contributed by atoms with Gasteiger partial charge < -0.3 is 0 Å². The van der Waals surface area contributed by atoms with E-state index >= 15 is 0 Å². The lowest BCUT2D eigenvalue weighted by Crippen LogP contribution is -1.96. The van der Waals surface area contributed by atoms with Gasteiger partial charge in [0.15, 0.2) is 0 Å². The summed E-state index contributed by atoms with van der Waals surface area (Å²) in [5, 5.41) is 0.395. The summed E-state index contributed by atoms with van der Waals surface area (Å²) in [6.07, 6.45) is 0.601. The number of allylic oxidation sites excluding steroid dienone is 1. The van der Waals surface area contributed by atoms with E-state index in [4.69, 9.17) is 11.6 Å². The van der Waals surface area contributed by atoms with Crippen molar-refractivity contribution in [1.82, 2.24) is 0 Å². The van der Waals surface area contributed by atoms with Gasteiger partial charge in [0.2, 0.25) is 0 Å². The van der Waals surface area contributed by atoms with Crippen LogP contribution < -0.4 is 0 Å². The summed E-state index contributed by atoms with van der Waals surface area (Å²) in [5.41, 5.74) is 0.0509. The molecule has 0 nitrogen and oxygen atoms in total. The Morgan fingerprint density at radius 1 is 1.36 bits per heavy atom. The van der Waals surface area contributed by atoms with Crippen molar-refractivity contribution >= 4 is 27.5 Å². The van der Waals surface area contributed by atoms with Crippen LogP contribution in [0.5, 0.6) is 0 Å². The minimum Gasteiger partial charge on any atom is -0.207 e. The average molecular weight is 282 g/mol. The van der Waals surface area contributed by atoms with E-state index in [1.165, 1.54) is 12.1 Å². The molecule has 4 heteroatoms. The van der Waals surface area contributed by atoms with E-state index in [1.807, 2.05) is 0 Å². The molecule has 1 aromatic carbocycles. The first-order valence-corrected chi connectivity index (χ1v) is 5.14. The predicted molar refractivity (Wildman–Crippen MR) is 57.4 cm³/mol. The molecule has 14 heavy (non-hydrogen) atoms. The van der Waals surface area contributed by atoms with Gasteiger partial charge in [-0.3, -0.25) is 0 Å². The Balaban J connectivity index is 2.91. The molecule has 0 aliphatic heterocycles. The minimum absolute atomic E-state index is 0.0509. The topological polar surface area (TPSA) is 0 Å². The van der Waals surface area contributed by atoms with Gasteiger partial charge in [0.1, 0.15) is 11.6 Å². The zero-order valence-electron chi connectivity index (χ0n) is 7.29. The second-order valence-electron chi connectivity index (χ2n) is 2.87. The SMILES string of the molecule is C=C(Cl)CCc1c(F)cc(Br)cc1F. The second kappa shape index (κ2) is 4.89. The third-order valence-corrected chi connectivity index (χ3v) is 2.40. The van der Waals surface area contributed by atoms with Gasteiger partial charge in [-0.1, -0.05) is 34.1 Å². The molecule has 0 bridgehead atoms. The lowest BCUT2D eigenvalue weighted by molar-refractivity contribution is 0.554. The molecule has 0 aliphatic carbocycles. The molecule has 0 aromatic heterocycles. The molecule has 0 aliphatic rings. The highest BCUT2D eigenvalue weighted by molar-refractivity contribution is 9.10. The summed E-state index contributed by atoms with van der Waals surface area (Å²) >= 11 is 8.52. The molecule has 76 valence electrons. The van der Waals surface area contributed by atoms with Crippen molar-refractivity contribution in [3.05, 3.63) is 45.4 Å². The van der Waals surface area contributed by atoms with Crippen LogP contribution in [0.15, 0.2) is 28.2 Å². The Labute approximate surface area is 94.7 Å². The molecular weight excluding hydrogens is 273 g/mol. The van der Waals surface area contributed by atoms with E-state index in [9.17, 15) is 8.78 Å². The summed E-state index contributed by atoms with van der Waals surface area (Å²) in [5.74, 6) is -1.12. The molecule has 1 rings (SSSR count). The summed E-state index contributed by atoms with van der Waals surface area (Å²) < 4.78 is 26.8. The van der Waals surface area contributed by atoms with E-state index in [-0.39, 0.29) is 12.0 Å². The van der Waals surface area contributed by atoms with E-state index in [2.05, 4.69) is 22.5 Å². The van der Waals surface area contributed by atoms with Gasteiger partial charge in [0.25, 0.3) is 0 Å². The first-order chi connectivity index (χ1) is 6.50. The van der Waals surface area contributed by atoms with Crippen molar-refractivity contribution in [2.24, 2.45) is 0 Å². The fourth-order valence-corrected chi connectivity index (χ4v) is 1.57. The zero-order chi connectivity index (χ0) is 10.7. The largest absolute Gasteiger partial charge is 0.207 e. The Bertz CT molecular complexity index is 340. The van der Waals surface area contributed by atoms with Crippen LogP contribution in [0.3, 0.4) is 0 Å². The van der Waals surface area contributed by atoms with Crippen LogP contribution in [0.2, 0.25) is 0 Å². The second-order valence-corrected chi connectivity index (χ2v) is 4.32. The maximum Gasteiger partial charge on any atom is 0.130 e. The van der Waals surface area contributed by atoms with Crippen LogP contribution in [-0.2, 0) is 6.42 Å². The molecule has 0 saturated heterocycles. The predicted octanol–water partition coefficient (Wildman–Crippen LogP) is 4.41. The molecule has 0 atom stereocenters. The molecule has 0 fully saturated rings. The molecule has 1 aromatic rings. The summed E-state index contributed by atoms with van der Waals surface area (Å²) in [6.45, 7) is 3.46. The fourth-order valence-electron chi connectivity index (χ4n) is 1.07. The third-order valence-electron chi connectivity index (χ3n) is 1.75. The number of halogens is 4. The maximum atomic E-state index is 13.2. The lowest BCUT2D eigenvalue weighted by Gasteiger charge is -2.04. The number of hydrogen-bond donors (Lipinski definition) is 0. The highest BCUT2D eigenvalue weighted by Crippen LogP contribution is 2.21. The molecule has 0 amide bonds. The summed E-state index contributed by atoms with van der Waals surface area (Å²) in [4.78, 5) is 0. The van der Waals surface area contributed by atoms with Gasteiger partial charge >= 0.3 is 0 Å². The zero-order valence-corrected chi connectivity index (χ0v) is 9.63. The van der Waals surface area contributed by atoms with Crippen LogP contribution in [0.25, 0.3) is 0 Å². The van der Waals surface area contributed by atoms with Crippen LogP contribution in [0.4, 0.5) is 8.78 Å². The van der Waals surface area contributed by atoms with Gasteiger partial charge in [-0.05, 0) is 25.0 Å². The monoisotopic (exact) mass is 280 g/mol. The van der Waals surface area contributed by atoms with E-state index in [0.717, 1.165) is 0 Å². The number of rotatable bonds is 3. The molecule has 0 radical (unpaired) electrons. The Morgan fingerprint density at radius 2 is 1.86 bits per heavy atom. The fraction of sp³-hybridized carbons (Fsp3) is 0.200. The Kier molecular flexibility index (Phi) is 4.08. The van der Waals surface area contributed by atoms with Crippen molar-refractivity contribution in [3.63, 3.8) is 0 Å². The highest BCUT2D eigenvalue weighted by Gasteiger charge is 2.10. The third kappa shape index (κ3) is 3.07. The van der Waals surface area contributed by atoms with Crippen molar-refractivity contribution in [3.8, 4) is 0 Å². The quantitative estimate of drug-likeness (QED) is 0.770. The van der Waals surface area contributed by atoms with Gasteiger partial charge in [-0.2, -0.15) is 0 Å². The highest BCUT2D eigenvalue weighted by atomic mass is 79.9. The number of hydrogen-bond acceptors (Lipinski definition) is 0.